The average molecular weight is 453 g/mol. The topological polar surface area (TPSA) is 78.3 Å². The molecule has 2 aromatic carbocycles. The van der Waals surface area contributed by atoms with Crippen LogP contribution in [-0.4, -0.2) is 39.1 Å². The number of carbonyl (C=O) groups excluding carboxylic acids is 1. The third-order valence-electron chi connectivity index (χ3n) is 5.26. The SMILES string of the molecule is CCOc1cc2c(cc1NC(=O)CSc1nncn1-c1ccc(C(C)C)cc1)O[C@H](C)C2. The van der Waals surface area contributed by atoms with Gasteiger partial charge in [0.05, 0.1) is 18.0 Å². The van der Waals surface area contributed by atoms with Gasteiger partial charge in [-0.3, -0.25) is 9.36 Å². The van der Waals surface area contributed by atoms with E-state index in [1.807, 2.05) is 42.7 Å². The minimum Gasteiger partial charge on any atom is -0.492 e. The van der Waals surface area contributed by atoms with Crippen molar-refractivity contribution in [1.29, 1.82) is 0 Å². The van der Waals surface area contributed by atoms with Gasteiger partial charge in [0.1, 0.15) is 23.9 Å². The summed E-state index contributed by atoms with van der Waals surface area (Å²) in [5.74, 6) is 1.98. The van der Waals surface area contributed by atoms with Crippen molar-refractivity contribution in [3.63, 3.8) is 0 Å². The van der Waals surface area contributed by atoms with Gasteiger partial charge in [0.15, 0.2) is 5.16 Å². The van der Waals surface area contributed by atoms with E-state index < -0.39 is 0 Å². The second-order valence-electron chi connectivity index (χ2n) is 8.09. The predicted octanol–water partition coefficient (Wildman–Crippen LogP) is 4.84. The summed E-state index contributed by atoms with van der Waals surface area (Å²) in [6.07, 6.45) is 2.63. The van der Waals surface area contributed by atoms with E-state index in [1.54, 1.807) is 6.33 Å². The highest BCUT2D eigenvalue weighted by Gasteiger charge is 2.23. The van der Waals surface area contributed by atoms with Crippen LogP contribution in [-0.2, 0) is 11.2 Å². The number of hydrogen-bond acceptors (Lipinski definition) is 6. The van der Waals surface area contributed by atoms with Gasteiger partial charge in [0.2, 0.25) is 5.91 Å². The molecule has 1 aromatic heterocycles. The molecular weight excluding hydrogens is 424 g/mol. The molecule has 0 radical (unpaired) electrons. The zero-order valence-electron chi connectivity index (χ0n) is 18.8. The number of amides is 1. The number of carbonyl (C=O) groups is 1. The summed E-state index contributed by atoms with van der Waals surface area (Å²) in [6.45, 7) is 8.80. The highest BCUT2D eigenvalue weighted by molar-refractivity contribution is 7.99. The van der Waals surface area contributed by atoms with Gasteiger partial charge >= 0.3 is 0 Å². The van der Waals surface area contributed by atoms with E-state index in [-0.39, 0.29) is 17.8 Å². The molecule has 7 nitrogen and oxygen atoms in total. The number of rotatable bonds is 8. The van der Waals surface area contributed by atoms with Crippen LogP contribution in [0, 0.1) is 0 Å². The lowest BCUT2D eigenvalue weighted by molar-refractivity contribution is -0.113. The van der Waals surface area contributed by atoms with Crippen molar-refractivity contribution < 1.29 is 14.3 Å². The third-order valence-corrected chi connectivity index (χ3v) is 6.20. The Bertz CT molecular complexity index is 1100. The van der Waals surface area contributed by atoms with Crippen molar-refractivity contribution in [1.82, 2.24) is 14.8 Å². The molecule has 8 heteroatoms. The number of ether oxygens (including phenoxy) is 2. The number of aromatic nitrogens is 3. The summed E-state index contributed by atoms with van der Waals surface area (Å²) in [7, 11) is 0. The summed E-state index contributed by atoms with van der Waals surface area (Å²) in [5.41, 5.74) is 3.96. The van der Waals surface area contributed by atoms with Crippen molar-refractivity contribution >= 4 is 23.4 Å². The Morgan fingerprint density at radius 3 is 2.81 bits per heavy atom. The molecule has 0 aliphatic carbocycles. The Labute approximate surface area is 192 Å². The molecule has 4 rings (SSSR count). The lowest BCUT2D eigenvalue weighted by atomic mass is 10.0. The molecule has 3 aromatic rings. The first-order chi connectivity index (χ1) is 15.4. The summed E-state index contributed by atoms with van der Waals surface area (Å²) in [4.78, 5) is 12.7. The normalized spacial score (nSPS) is 14.8. The Kier molecular flexibility index (Phi) is 6.69. The maximum Gasteiger partial charge on any atom is 0.234 e. The Morgan fingerprint density at radius 2 is 2.09 bits per heavy atom. The fourth-order valence-corrected chi connectivity index (χ4v) is 4.38. The number of anilines is 1. The van der Waals surface area contributed by atoms with Crippen LogP contribution in [0.15, 0.2) is 47.9 Å². The predicted molar refractivity (Wildman–Crippen MR) is 126 cm³/mol. The number of nitrogens with zero attached hydrogens (tertiary/aromatic N) is 3. The van der Waals surface area contributed by atoms with Crippen molar-refractivity contribution in [3.05, 3.63) is 53.9 Å². The number of hydrogen-bond donors (Lipinski definition) is 1. The fraction of sp³-hybridized carbons (Fsp3) is 0.375. The molecule has 0 unspecified atom stereocenters. The maximum absolute atomic E-state index is 12.7. The highest BCUT2D eigenvalue weighted by Crippen LogP contribution is 2.38. The number of thioether (sulfide) groups is 1. The summed E-state index contributed by atoms with van der Waals surface area (Å²) < 4.78 is 13.5. The van der Waals surface area contributed by atoms with Crippen molar-refractivity contribution in [3.8, 4) is 17.2 Å². The first-order valence-corrected chi connectivity index (χ1v) is 11.8. The molecule has 1 amide bonds. The second kappa shape index (κ2) is 9.65. The first-order valence-electron chi connectivity index (χ1n) is 10.8. The van der Waals surface area contributed by atoms with E-state index >= 15 is 0 Å². The van der Waals surface area contributed by atoms with Gasteiger partial charge in [-0.25, -0.2) is 0 Å². The van der Waals surface area contributed by atoms with Gasteiger partial charge < -0.3 is 14.8 Å². The summed E-state index contributed by atoms with van der Waals surface area (Å²) >= 11 is 1.34. The van der Waals surface area contributed by atoms with Gasteiger partial charge in [-0.05, 0) is 43.5 Å². The van der Waals surface area contributed by atoms with Gasteiger partial charge in [-0.15, -0.1) is 10.2 Å². The molecule has 0 saturated heterocycles. The van der Waals surface area contributed by atoms with Crippen LogP contribution < -0.4 is 14.8 Å². The van der Waals surface area contributed by atoms with E-state index in [4.69, 9.17) is 9.47 Å². The lowest BCUT2D eigenvalue weighted by Crippen LogP contribution is -2.15. The van der Waals surface area contributed by atoms with Gasteiger partial charge in [-0.2, -0.15) is 0 Å². The monoisotopic (exact) mass is 452 g/mol. The molecular formula is C24H28N4O3S. The average Bonchev–Trinajstić information content (AvgIpc) is 3.38. The van der Waals surface area contributed by atoms with Crippen LogP contribution in [0.2, 0.25) is 0 Å². The molecule has 0 fully saturated rings. The van der Waals surface area contributed by atoms with Crippen molar-refractivity contribution in [2.24, 2.45) is 0 Å². The molecule has 1 aliphatic heterocycles. The van der Waals surface area contributed by atoms with Crippen molar-refractivity contribution in [2.75, 3.05) is 17.7 Å². The highest BCUT2D eigenvalue weighted by atomic mass is 32.2. The number of benzene rings is 2. The van der Waals surface area contributed by atoms with Gasteiger partial charge in [0.25, 0.3) is 0 Å². The quantitative estimate of drug-likeness (QED) is 0.493. The largest absolute Gasteiger partial charge is 0.492 e. The molecule has 2 heterocycles. The Hall–Kier alpha value is -3.00. The standard InChI is InChI=1S/C24H28N4O3S/c1-5-30-22-11-18-10-16(4)31-21(18)12-20(22)26-23(29)13-32-24-27-25-14-28(24)19-8-6-17(7-9-19)15(2)3/h6-9,11-12,14-16H,5,10,13H2,1-4H3,(H,26,29)/t16-/m1/s1. The minimum atomic E-state index is -0.147. The van der Waals surface area contributed by atoms with Gasteiger partial charge in [0, 0.05) is 23.7 Å². The molecule has 0 bridgehead atoms. The second-order valence-corrected chi connectivity index (χ2v) is 9.03. The first kappa shape index (κ1) is 22.2. The maximum atomic E-state index is 12.7. The van der Waals surface area contributed by atoms with Crippen LogP contribution in [0.25, 0.3) is 5.69 Å². The Morgan fingerprint density at radius 1 is 1.31 bits per heavy atom. The summed E-state index contributed by atoms with van der Waals surface area (Å²) in [6, 6.07) is 12.1. The van der Waals surface area contributed by atoms with Crippen LogP contribution in [0.4, 0.5) is 5.69 Å². The van der Waals surface area contributed by atoms with Crippen LogP contribution >= 0.6 is 11.8 Å². The van der Waals surface area contributed by atoms with Gasteiger partial charge in [-0.1, -0.05) is 37.7 Å². The van der Waals surface area contributed by atoms with Crippen LogP contribution in [0.3, 0.4) is 0 Å². The molecule has 1 aliphatic rings. The molecule has 32 heavy (non-hydrogen) atoms. The Balaban J connectivity index is 1.43. The molecule has 1 atom stereocenters. The zero-order chi connectivity index (χ0) is 22.7. The minimum absolute atomic E-state index is 0.127. The van der Waals surface area contributed by atoms with E-state index in [2.05, 4.69) is 41.5 Å². The van der Waals surface area contributed by atoms with E-state index in [0.717, 1.165) is 23.4 Å². The zero-order valence-corrected chi connectivity index (χ0v) is 19.6. The van der Waals surface area contributed by atoms with E-state index in [0.29, 0.717) is 29.1 Å². The smallest absolute Gasteiger partial charge is 0.234 e. The number of nitrogens with one attached hydrogen (secondary N) is 1. The molecule has 1 N–H and O–H groups in total. The molecule has 0 spiro atoms. The van der Waals surface area contributed by atoms with Crippen LogP contribution in [0.1, 0.15) is 44.7 Å². The third kappa shape index (κ3) is 4.91. The lowest BCUT2D eigenvalue weighted by Gasteiger charge is -2.13. The van der Waals surface area contributed by atoms with Crippen LogP contribution in [0.5, 0.6) is 11.5 Å². The summed E-state index contributed by atoms with van der Waals surface area (Å²) in [5, 5.41) is 11.8. The molecule has 168 valence electrons. The molecule has 0 saturated carbocycles. The number of fused-ring (bicyclic) bond motifs is 1. The van der Waals surface area contributed by atoms with Crippen molar-refractivity contribution in [2.45, 2.75) is 51.3 Å². The fourth-order valence-electron chi connectivity index (χ4n) is 3.65. The van der Waals surface area contributed by atoms with E-state index in [9.17, 15) is 4.79 Å². The van der Waals surface area contributed by atoms with E-state index in [1.165, 1.54) is 17.3 Å².